The Morgan fingerprint density at radius 3 is 2.83 bits per heavy atom. The molecule has 0 saturated carbocycles. The number of fused-ring (bicyclic) bond motifs is 1. The Morgan fingerprint density at radius 1 is 1.39 bits per heavy atom. The van der Waals surface area contributed by atoms with Crippen LogP contribution in [0, 0.1) is 0 Å². The minimum Gasteiger partial charge on any atom is -0.439 e. The van der Waals surface area contributed by atoms with Gasteiger partial charge in [-0.2, -0.15) is 0 Å². The second-order valence-corrected chi connectivity index (χ2v) is 4.90. The summed E-state index contributed by atoms with van der Waals surface area (Å²) in [4.78, 5) is 6.85. The predicted octanol–water partition coefficient (Wildman–Crippen LogP) is 3.03. The van der Waals surface area contributed by atoms with E-state index in [-0.39, 0.29) is 0 Å². The highest BCUT2D eigenvalue weighted by molar-refractivity contribution is 5.76. The maximum Gasteiger partial charge on any atom is 0.209 e. The molecule has 98 valence electrons. The first-order valence-electron chi connectivity index (χ1n) is 6.49. The zero-order valence-corrected chi connectivity index (χ0v) is 11.3. The quantitative estimate of drug-likeness (QED) is 0.825. The molecule has 2 aromatic rings. The lowest BCUT2D eigenvalue weighted by Gasteiger charge is -2.24. The number of benzene rings is 1. The molecule has 0 saturated heterocycles. The number of nitrogen functional groups attached to an aromatic ring is 1. The van der Waals surface area contributed by atoms with Gasteiger partial charge in [0.15, 0.2) is 5.58 Å². The number of anilines is 1. The zero-order chi connectivity index (χ0) is 13.1. The highest BCUT2D eigenvalue weighted by Gasteiger charge is 2.13. The second kappa shape index (κ2) is 5.40. The lowest BCUT2D eigenvalue weighted by molar-refractivity contribution is 0.195. The van der Waals surface area contributed by atoms with Crippen LogP contribution in [0.3, 0.4) is 0 Å². The average molecular weight is 247 g/mol. The van der Waals surface area contributed by atoms with E-state index in [9.17, 15) is 0 Å². The van der Waals surface area contributed by atoms with Crippen molar-refractivity contribution in [3.05, 3.63) is 24.1 Å². The normalized spacial score (nSPS) is 11.8. The first-order chi connectivity index (χ1) is 8.60. The molecule has 0 unspecified atom stereocenters. The highest BCUT2D eigenvalue weighted by Crippen LogP contribution is 2.19. The Labute approximate surface area is 108 Å². The topological polar surface area (TPSA) is 55.3 Å². The van der Waals surface area contributed by atoms with Crippen LogP contribution in [0.2, 0.25) is 0 Å². The molecule has 0 aliphatic carbocycles. The number of hydrogen-bond donors (Lipinski definition) is 1. The average Bonchev–Trinajstić information content (AvgIpc) is 2.69. The molecule has 0 fully saturated rings. The van der Waals surface area contributed by atoms with E-state index in [1.54, 1.807) is 0 Å². The largest absolute Gasteiger partial charge is 0.439 e. The Kier molecular flexibility index (Phi) is 3.87. The van der Waals surface area contributed by atoms with E-state index >= 15 is 0 Å². The van der Waals surface area contributed by atoms with Gasteiger partial charge in [0.05, 0.1) is 6.54 Å². The fourth-order valence-corrected chi connectivity index (χ4v) is 2.04. The van der Waals surface area contributed by atoms with E-state index in [0.29, 0.717) is 11.7 Å². The van der Waals surface area contributed by atoms with Crippen LogP contribution in [0.15, 0.2) is 22.6 Å². The van der Waals surface area contributed by atoms with Crippen LogP contribution < -0.4 is 5.73 Å². The van der Waals surface area contributed by atoms with Crippen molar-refractivity contribution in [3.63, 3.8) is 0 Å². The summed E-state index contributed by atoms with van der Waals surface area (Å²) in [6, 6.07) is 6.06. The zero-order valence-electron chi connectivity index (χ0n) is 11.3. The summed E-state index contributed by atoms with van der Waals surface area (Å²) in [5.74, 6) is 0.762. The van der Waals surface area contributed by atoms with Crippen molar-refractivity contribution >= 4 is 16.8 Å². The number of hydrogen-bond acceptors (Lipinski definition) is 4. The summed E-state index contributed by atoms with van der Waals surface area (Å²) in [7, 11) is 0. The van der Waals surface area contributed by atoms with Gasteiger partial charge < -0.3 is 10.2 Å². The maximum absolute atomic E-state index is 5.74. The van der Waals surface area contributed by atoms with Crippen molar-refractivity contribution < 1.29 is 4.42 Å². The number of nitrogens with zero attached hydrogens (tertiary/aromatic N) is 2. The lowest BCUT2D eigenvalue weighted by Crippen LogP contribution is -2.31. The van der Waals surface area contributed by atoms with Gasteiger partial charge in [0.2, 0.25) is 5.89 Å². The van der Waals surface area contributed by atoms with Crippen LogP contribution in [0.4, 0.5) is 5.69 Å². The molecule has 0 aliphatic heterocycles. The van der Waals surface area contributed by atoms with Crippen molar-refractivity contribution in [2.45, 2.75) is 39.8 Å². The van der Waals surface area contributed by atoms with Gasteiger partial charge in [-0.3, -0.25) is 4.90 Å². The van der Waals surface area contributed by atoms with Gasteiger partial charge in [-0.1, -0.05) is 6.92 Å². The van der Waals surface area contributed by atoms with E-state index in [0.717, 1.165) is 36.5 Å². The first kappa shape index (κ1) is 12.9. The molecule has 0 amide bonds. The molecule has 4 nitrogen and oxygen atoms in total. The van der Waals surface area contributed by atoms with E-state index in [1.165, 1.54) is 0 Å². The number of aromatic nitrogens is 1. The van der Waals surface area contributed by atoms with Crippen LogP contribution in [0.25, 0.3) is 11.1 Å². The van der Waals surface area contributed by atoms with Gasteiger partial charge in [-0.05, 0) is 38.9 Å². The van der Waals surface area contributed by atoms with Gasteiger partial charge >= 0.3 is 0 Å². The molecule has 0 bridgehead atoms. The van der Waals surface area contributed by atoms with Crippen LogP contribution in [0.1, 0.15) is 33.1 Å². The second-order valence-electron chi connectivity index (χ2n) is 4.90. The third-order valence-corrected chi connectivity index (χ3v) is 3.04. The SMILES string of the molecule is CCCN(Cc1nc2ccc(N)cc2o1)C(C)C. The molecule has 0 atom stereocenters. The van der Waals surface area contributed by atoms with Crippen LogP contribution in [0.5, 0.6) is 0 Å². The molecule has 0 spiro atoms. The van der Waals surface area contributed by atoms with Gasteiger partial charge in [0.1, 0.15) is 5.52 Å². The van der Waals surface area contributed by atoms with E-state index in [1.807, 2.05) is 18.2 Å². The summed E-state index contributed by atoms with van der Waals surface area (Å²) in [6.45, 7) is 8.37. The third kappa shape index (κ3) is 2.82. The van der Waals surface area contributed by atoms with Crippen molar-refractivity contribution in [2.24, 2.45) is 0 Å². The smallest absolute Gasteiger partial charge is 0.209 e. The predicted molar refractivity (Wildman–Crippen MR) is 74.3 cm³/mol. The summed E-state index contributed by atoms with van der Waals surface area (Å²) in [5, 5.41) is 0. The molecular formula is C14H21N3O. The molecule has 1 heterocycles. The Morgan fingerprint density at radius 2 is 2.17 bits per heavy atom. The molecule has 0 radical (unpaired) electrons. The standard InChI is InChI=1S/C14H21N3O/c1-4-7-17(10(2)3)9-14-16-12-6-5-11(15)8-13(12)18-14/h5-6,8,10H,4,7,9,15H2,1-3H3. The van der Waals surface area contributed by atoms with Gasteiger partial charge in [-0.25, -0.2) is 4.98 Å². The van der Waals surface area contributed by atoms with Crippen LogP contribution in [-0.2, 0) is 6.54 Å². The third-order valence-electron chi connectivity index (χ3n) is 3.04. The Bertz CT molecular complexity index is 519. The first-order valence-corrected chi connectivity index (χ1v) is 6.49. The summed E-state index contributed by atoms with van der Waals surface area (Å²) >= 11 is 0. The van der Waals surface area contributed by atoms with E-state index in [4.69, 9.17) is 10.2 Å². The molecule has 1 aromatic heterocycles. The minimum absolute atomic E-state index is 0.491. The summed E-state index contributed by atoms with van der Waals surface area (Å²) in [6.07, 6.45) is 1.13. The maximum atomic E-state index is 5.74. The molecule has 18 heavy (non-hydrogen) atoms. The summed E-state index contributed by atoms with van der Waals surface area (Å²) in [5.41, 5.74) is 8.08. The number of nitrogens with two attached hydrogens (primary N) is 1. The molecule has 1 aromatic carbocycles. The molecule has 4 heteroatoms. The molecule has 2 rings (SSSR count). The summed E-state index contributed by atoms with van der Waals surface area (Å²) < 4.78 is 5.74. The van der Waals surface area contributed by atoms with Crippen molar-refractivity contribution in [3.8, 4) is 0 Å². The Balaban J connectivity index is 2.20. The highest BCUT2D eigenvalue weighted by atomic mass is 16.3. The molecular weight excluding hydrogens is 226 g/mol. The van der Waals surface area contributed by atoms with E-state index < -0.39 is 0 Å². The fourth-order valence-electron chi connectivity index (χ4n) is 2.04. The molecule has 0 aliphatic rings. The number of rotatable bonds is 5. The lowest BCUT2D eigenvalue weighted by atomic mass is 10.3. The van der Waals surface area contributed by atoms with Crippen LogP contribution >= 0.6 is 0 Å². The fraction of sp³-hybridized carbons (Fsp3) is 0.500. The van der Waals surface area contributed by atoms with Crippen molar-refractivity contribution in [1.29, 1.82) is 0 Å². The van der Waals surface area contributed by atoms with Crippen molar-refractivity contribution in [2.75, 3.05) is 12.3 Å². The van der Waals surface area contributed by atoms with Gasteiger partial charge in [0, 0.05) is 17.8 Å². The minimum atomic E-state index is 0.491. The van der Waals surface area contributed by atoms with E-state index in [2.05, 4.69) is 30.7 Å². The monoisotopic (exact) mass is 247 g/mol. The number of oxazole rings is 1. The van der Waals surface area contributed by atoms with Crippen LogP contribution in [-0.4, -0.2) is 22.5 Å². The van der Waals surface area contributed by atoms with Gasteiger partial charge in [-0.15, -0.1) is 0 Å². The van der Waals surface area contributed by atoms with Gasteiger partial charge in [0.25, 0.3) is 0 Å². The molecule has 2 N–H and O–H groups in total. The Hall–Kier alpha value is -1.55. The van der Waals surface area contributed by atoms with Crippen molar-refractivity contribution in [1.82, 2.24) is 9.88 Å².